The number of ether oxygens (including phenoxy) is 1. The van der Waals surface area contributed by atoms with Gasteiger partial charge in [0.1, 0.15) is 5.69 Å². The molecule has 0 aliphatic carbocycles. The Morgan fingerprint density at radius 3 is 2.69 bits per heavy atom. The standard InChI is InChI=1S/C20H27FN6O2/c1-3-29-19-5-4-15(10-17(19)21)18-13-27(23-22-18)16-11-26(12-16)20(28)14-25-8-6-24(2)7-9-25/h4-5,10,13,16H,3,6-9,11-12,14H2,1-2H3. The number of rotatable bonds is 6. The van der Waals surface area contributed by atoms with E-state index in [9.17, 15) is 9.18 Å². The zero-order valence-electron chi connectivity index (χ0n) is 16.9. The summed E-state index contributed by atoms with van der Waals surface area (Å²) >= 11 is 0. The van der Waals surface area contributed by atoms with Crippen molar-refractivity contribution in [2.45, 2.75) is 13.0 Å². The molecule has 4 rings (SSSR count). The van der Waals surface area contributed by atoms with Crippen molar-refractivity contribution < 1.29 is 13.9 Å². The van der Waals surface area contributed by atoms with Crippen molar-refractivity contribution in [1.82, 2.24) is 29.7 Å². The second kappa shape index (κ2) is 8.46. The quantitative estimate of drug-likeness (QED) is 0.721. The molecule has 1 aromatic heterocycles. The Hall–Kier alpha value is -2.52. The van der Waals surface area contributed by atoms with E-state index < -0.39 is 5.82 Å². The predicted octanol–water partition coefficient (Wildman–Crippen LogP) is 1.11. The summed E-state index contributed by atoms with van der Waals surface area (Å²) in [6.45, 7) is 7.85. The number of aromatic nitrogens is 3. The second-order valence-corrected chi connectivity index (χ2v) is 7.69. The molecule has 2 fully saturated rings. The first-order valence-corrected chi connectivity index (χ1v) is 10.1. The summed E-state index contributed by atoms with van der Waals surface area (Å²) in [6, 6.07) is 4.90. The van der Waals surface area contributed by atoms with Crippen LogP contribution in [0.4, 0.5) is 4.39 Å². The zero-order valence-corrected chi connectivity index (χ0v) is 16.9. The minimum Gasteiger partial charge on any atom is -0.491 e. The minimum absolute atomic E-state index is 0.111. The molecule has 2 aliphatic heterocycles. The molecule has 0 unspecified atom stereocenters. The number of benzene rings is 1. The Balaban J connectivity index is 1.31. The van der Waals surface area contributed by atoms with E-state index in [1.54, 1.807) is 16.8 Å². The van der Waals surface area contributed by atoms with Crippen LogP contribution in [0.25, 0.3) is 11.3 Å². The highest BCUT2D eigenvalue weighted by molar-refractivity contribution is 5.79. The number of carbonyl (C=O) groups is 1. The van der Waals surface area contributed by atoms with Crippen molar-refractivity contribution in [3.05, 3.63) is 30.2 Å². The van der Waals surface area contributed by atoms with Crippen LogP contribution in [-0.4, -0.2) is 95.1 Å². The number of carbonyl (C=O) groups excluding carboxylic acids is 1. The van der Waals surface area contributed by atoms with Gasteiger partial charge in [0, 0.05) is 44.8 Å². The van der Waals surface area contributed by atoms with E-state index in [1.807, 2.05) is 18.0 Å². The smallest absolute Gasteiger partial charge is 0.236 e. The highest BCUT2D eigenvalue weighted by Gasteiger charge is 2.33. The molecule has 0 spiro atoms. The lowest BCUT2D eigenvalue weighted by Gasteiger charge is -2.40. The van der Waals surface area contributed by atoms with E-state index in [1.165, 1.54) is 6.07 Å². The number of hydrogen-bond donors (Lipinski definition) is 0. The van der Waals surface area contributed by atoms with E-state index in [-0.39, 0.29) is 17.7 Å². The molecule has 29 heavy (non-hydrogen) atoms. The Morgan fingerprint density at radius 2 is 2.00 bits per heavy atom. The van der Waals surface area contributed by atoms with Gasteiger partial charge in [-0.2, -0.15) is 0 Å². The molecule has 8 nitrogen and oxygen atoms in total. The monoisotopic (exact) mass is 402 g/mol. The first kappa shape index (κ1) is 19.8. The van der Waals surface area contributed by atoms with Gasteiger partial charge in [0.15, 0.2) is 11.6 Å². The van der Waals surface area contributed by atoms with Crippen LogP contribution in [0.1, 0.15) is 13.0 Å². The minimum atomic E-state index is -0.414. The Kier molecular flexibility index (Phi) is 5.77. The number of piperazine rings is 1. The molecule has 1 aromatic carbocycles. The molecule has 9 heteroatoms. The van der Waals surface area contributed by atoms with Gasteiger partial charge in [-0.1, -0.05) is 5.21 Å². The fourth-order valence-corrected chi connectivity index (χ4v) is 3.64. The summed E-state index contributed by atoms with van der Waals surface area (Å²) < 4.78 is 21.1. The van der Waals surface area contributed by atoms with E-state index in [0.717, 1.165) is 26.2 Å². The molecular weight excluding hydrogens is 375 g/mol. The van der Waals surface area contributed by atoms with Crippen molar-refractivity contribution >= 4 is 5.91 Å². The van der Waals surface area contributed by atoms with E-state index in [0.29, 0.717) is 37.5 Å². The van der Waals surface area contributed by atoms with Crippen LogP contribution in [0.15, 0.2) is 24.4 Å². The molecule has 3 heterocycles. The number of halogens is 1. The highest BCUT2D eigenvalue weighted by Crippen LogP contribution is 2.26. The number of hydrogen-bond acceptors (Lipinski definition) is 6. The van der Waals surface area contributed by atoms with Gasteiger partial charge in [0.25, 0.3) is 0 Å². The Bertz CT molecular complexity index is 858. The van der Waals surface area contributed by atoms with Crippen LogP contribution in [0.2, 0.25) is 0 Å². The highest BCUT2D eigenvalue weighted by atomic mass is 19.1. The van der Waals surface area contributed by atoms with Crippen molar-refractivity contribution in [2.24, 2.45) is 0 Å². The Morgan fingerprint density at radius 1 is 1.24 bits per heavy atom. The van der Waals surface area contributed by atoms with Gasteiger partial charge in [-0.25, -0.2) is 9.07 Å². The van der Waals surface area contributed by atoms with Crippen LogP contribution in [0, 0.1) is 5.82 Å². The average molecular weight is 402 g/mol. The lowest BCUT2D eigenvalue weighted by atomic mass is 10.1. The van der Waals surface area contributed by atoms with Crippen molar-refractivity contribution in [3.8, 4) is 17.0 Å². The van der Waals surface area contributed by atoms with Crippen LogP contribution < -0.4 is 4.74 Å². The molecule has 2 aliphatic rings. The van der Waals surface area contributed by atoms with E-state index in [2.05, 4.69) is 27.2 Å². The third kappa shape index (κ3) is 4.40. The summed E-state index contributed by atoms with van der Waals surface area (Å²) in [6.07, 6.45) is 1.81. The van der Waals surface area contributed by atoms with Gasteiger partial charge in [0.05, 0.1) is 25.4 Å². The molecule has 156 valence electrons. The second-order valence-electron chi connectivity index (χ2n) is 7.69. The van der Waals surface area contributed by atoms with Crippen molar-refractivity contribution in [2.75, 3.05) is 59.5 Å². The average Bonchev–Trinajstić information content (AvgIpc) is 3.14. The van der Waals surface area contributed by atoms with Crippen LogP contribution in [0.5, 0.6) is 5.75 Å². The molecule has 2 saturated heterocycles. The zero-order chi connectivity index (χ0) is 20.4. The molecule has 0 bridgehead atoms. The maximum Gasteiger partial charge on any atom is 0.236 e. The summed E-state index contributed by atoms with van der Waals surface area (Å²) in [4.78, 5) is 18.8. The van der Waals surface area contributed by atoms with Gasteiger partial charge in [-0.15, -0.1) is 5.10 Å². The molecule has 1 amide bonds. The SMILES string of the molecule is CCOc1ccc(-c2cn(C3CN(C(=O)CN4CCN(C)CC4)C3)nn2)cc1F. The van der Waals surface area contributed by atoms with Gasteiger partial charge in [-0.05, 0) is 32.2 Å². The van der Waals surface area contributed by atoms with Crippen LogP contribution in [0.3, 0.4) is 0 Å². The van der Waals surface area contributed by atoms with Crippen molar-refractivity contribution in [1.29, 1.82) is 0 Å². The van der Waals surface area contributed by atoms with Crippen LogP contribution in [-0.2, 0) is 4.79 Å². The summed E-state index contributed by atoms with van der Waals surface area (Å²) in [5, 5.41) is 8.35. The molecule has 2 aromatic rings. The summed E-state index contributed by atoms with van der Waals surface area (Å²) in [7, 11) is 2.10. The fraction of sp³-hybridized carbons (Fsp3) is 0.550. The molecule has 0 saturated carbocycles. The van der Waals surface area contributed by atoms with Gasteiger partial charge < -0.3 is 14.5 Å². The van der Waals surface area contributed by atoms with E-state index in [4.69, 9.17) is 4.74 Å². The maximum atomic E-state index is 14.1. The maximum absolute atomic E-state index is 14.1. The molecule has 0 atom stereocenters. The predicted molar refractivity (Wildman–Crippen MR) is 106 cm³/mol. The Labute approximate surface area is 169 Å². The van der Waals surface area contributed by atoms with Gasteiger partial charge in [-0.3, -0.25) is 9.69 Å². The number of amides is 1. The lowest BCUT2D eigenvalue weighted by molar-refractivity contribution is -0.138. The number of likely N-dealkylation sites (tertiary alicyclic amines) is 1. The first-order valence-electron chi connectivity index (χ1n) is 10.1. The largest absolute Gasteiger partial charge is 0.491 e. The molecule has 0 radical (unpaired) electrons. The van der Waals surface area contributed by atoms with E-state index >= 15 is 0 Å². The number of nitrogens with zero attached hydrogens (tertiary/aromatic N) is 6. The topological polar surface area (TPSA) is 66.7 Å². The third-order valence-electron chi connectivity index (χ3n) is 5.58. The first-order chi connectivity index (χ1) is 14.0. The van der Waals surface area contributed by atoms with Gasteiger partial charge in [0.2, 0.25) is 5.91 Å². The number of likely N-dealkylation sites (N-methyl/N-ethyl adjacent to an activating group) is 1. The molecular formula is C20H27FN6O2. The third-order valence-corrected chi connectivity index (χ3v) is 5.58. The fourth-order valence-electron chi connectivity index (χ4n) is 3.64. The summed E-state index contributed by atoms with van der Waals surface area (Å²) in [5.41, 5.74) is 1.26. The van der Waals surface area contributed by atoms with Gasteiger partial charge >= 0.3 is 0 Å². The normalized spacial score (nSPS) is 18.7. The lowest BCUT2D eigenvalue weighted by Crippen LogP contribution is -2.55. The molecule has 0 N–H and O–H groups in total. The summed E-state index contributed by atoms with van der Waals surface area (Å²) in [5.74, 6) is -0.0138. The van der Waals surface area contributed by atoms with Crippen molar-refractivity contribution in [3.63, 3.8) is 0 Å². The van der Waals surface area contributed by atoms with Crippen LogP contribution >= 0.6 is 0 Å².